The van der Waals surface area contributed by atoms with Crippen LogP contribution in [0.3, 0.4) is 0 Å². The molecule has 0 saturated heterocycles. The Morgan fingerprint density at radius 3 is 2.83 bits per heavy atom. The molecule has 96 valence electrons. The topological polar surface area (TPSA) is 12.0 Å². The van der Waals surface area contributed by atoms with E-state index in [0.717, 1.165) is 29.6 Å². The Kier molecular flexibility index (Phi) is 3.18. The Morgan fingerprint density at radius 2 is 2.17 bits per heavy atom. The quantitative estimate of drug-likeness (QED) is 0.809. The lowest BCUT2D eigenvalue weighted by Crippen LogP contribution is -2.18. The van der Waals surface area contributed by atoms with Gasteiger partial charge in [-0.2, -0.15) is 0 Å². The molecule has 18 heavy (non-hydrogen) atoms. The van der Waals surface area contributed by atoms with Gasteiger partial charge in [0.15, 0.2) is 0 Å². The van der Waals surface area contributed by atoms with Crippen LogP contribution in [-0.4, -0.2) is 6.54 Å². The van der Waals surface area contributed by atoms with Crippen LogP contribution in [0.25, 0.3) is 0 Å². The molecule has 0 aromatic heterocycles. The molecule has 1 aromatic carbocycles. The number of anilines is 1. The number of hydrogen-bond donors (Lipinski definition) is 1. The summed E-state index contributed by atoms with van der Waals surface area (Å²) in [7, 11) is 0. The Bertz CT molecular complexity index is 498. The molecule has 1 N–H and O–H groups in total. The average molecular weight is 310 g/mol. The largest absolute Gasteiger partial charge is 0.384 e. The SMILES string of the molecule is Cc1cc(Br)c(F)cc1NCC1CC2C=CC1C2. The van der Waals surface area contributed by atoms with E-state index in [-0.39, 0.29) is 5.82 Å². The zero-order valence-corrected chi connectivity index (χ0v) is 12.0. The maximum atomic E-state index is 13.5. The maximum absolute atomic E-state index is 13.5. The highest BCUT2D eigenvalue weighted by atomic mass is 79.9. The van der Waals surface area contributed by atoms with Gasteiger partial charge < -0.3 is 5.32 Å². The predicted octanol–water partition coefficient (Wildman–Crippen LogP) is 4.52. The molecule has 2 aliphatic rings. The minimum atomic E-state index is -0.198. The van der Waals surface area contributed by atoms with Gasteiger partial charge in [0.25, 0.3) is 0 Å². The normalized spacial score (nSPS) is 28.9. The summed E-state index contributed by atoms with van der Waals surface area (Å²) in [6, 6.07) is 3.42. The van der Waals surface area contributed by atoms with Crippen LogP contribution in [0.5, 0.6) is 0 Å². The van der Waals surface area contributed by atoms with E-state index < -0.39 is 0 Å². The second-order valence-electron chi connectivity index (χ2n) is 5.50. The number of benzene rings is 1. The van der Waals surface area contributed by atoms with E-state index >= 15 is 0 Å². The first-order chi connectivity index (χ1) is 8.63. The second kappa shape index (κ2) is 4.69. The molecular weight excluding hydrogens is 293 g/mol. The molecule has 2 bridgehead atoms. The summed E-state index contributed by atoms with van der Waals surface area (Å²) in [6.45, 7) is 2.96. The van der Waals surface area contributed by atoms with Crippen LogP contribution in [0.15, 0.2) is 28.8 Å². The van der Waals surface area contributed by atoms with Crippen molar-refractivity contribution in [3.05, 3.63) is 40.1 Å². The monoisotopic (exact) mass is 309 g/mol. The molecule has 1 aromatic rings. The van der Waals surface area contributed by atoms with Gasteiger partial charge in [-0.1, -0.05) is 12.2 Å². The minimum absolute atomic E-state index is 0.198. The van der Waals surface area contributed by atoms with E-state index in [9.17, 15) is 4.39 Å². The zero-order valence-electron chi connectivity index (χ0n) is 10.4. The van der Waals surface area contributed by atoms with Crippen molar-refractivity contribution in [2.45, 2.75) is 19.8 Å². The van der Waals surface area contributed by atoms with E-state index in [2.05, 4.69) is 33.4 Å². The van der Waals surface area contributed by atoms with Gasteiger partial charge in [0.05, 0.1) is 4.47 Å². The van der Waals surface area contributed by atoms with E-state index in [4.69, 9.17) is 0 Å². The zero-order chi connectivity index (χ0) is 12.7. The summed E-state index contributed by atoms with van der Waals surface area (Å²) >= 11 is 3.21. The standard InChI is InChI=1S/C15H17BrFN/c1-9-4-13(16)14(17)7-15(9)18-8-12-6-10-2-3-11(12)5-10/h2-4,7,10-12,18H,5-6,8H2,1H3. The highest BCUT2D eigenvalue weighted by Crippen LogP contribution is 2.43. The molecule has 2 aliphatic carbocycles. The Morgan fingerprint density at radius 1 is 1.33 bits per heavy atom. The fourth-order valence-electron chi connectivity index (χ4n) is 3.21. The van der Waals surface area contributed by atoms with E-state index in [1.165, 1.54) is 12.8 Å². The van der Waals surface area contributed by atoms with Crippen molar-refractivity contribution in [3.8, 4) is 0 Å². The van der Waals surface area contributed by atoms with E-state index in [1.54, 1.807) is 6.07 Å². The molecule has 0 radical (unpaired) electrons. The van der Waals surface area contributed by atoms with Gasteiger partial charge in [-0.05, 0) is 71.1 Å². The van der Waals surface area contributed by atoms with Gasteiger partial charge >= 0.3 is 0 Å². The third-order valence-corrected chi connectivity index (χ3v) is 4.85. The lowest BCUT2D eigenvalue weighted by atomic mass is 9.93. The number of hydrogen-bond acceptors (Lipinski definition) is 1. The van der Waals surface area contributed by atoms with Crippen LogP contribution < -0.4 is 5.32 Å². The Labute approximate surface area is 116 Å². The third kappa shape index (κ3) is 2.20. The van der Waals surface area contributed by atoms with Gasteiger partial charge in [-0.15, -0.1) is 0 Å². The second-order valence-corrected chi connectivity index (χ2v) is 6.36. The molecule has 3 unspecified atom stereocenters. The summed E-state index contributed by atoms with van der Waals surface area (Å²) in [5.74, 6) is 2.05. The third-order valence-electron chi connectivity index (χ3n) is 4.24. The van der Waals surface area contributed by atoms with Crippen molar-refractivity contribution in [2.75, 3.05) is 11.9 Å². The highest BCUT2D eigenvalue weighted by Gasteiger charge is 2.35. The Balaban J connectivity index is 1.67. The van der Waals surface area contributed by atoms with E-state index in [1.807, 2.05) is 13.0 Å². The van der Waals surface area contributed by atoms with E-state index in [0.29, 0.717) is 10.4 Å². The van der Waals surface area contributed by atoms with Crippen LogP contribution in [0.2, 0.25) is 0 Å². The smallest absolute Gasteiger partial charge is 0.139 e. The highest BCUT2D eigenvalue weighted by molar-refractivity contribution is 9.10. The average Bonchev–Trinajstić information content (AvgIpc) is 2.94. The van der Waals surface area contributed by atoms with Gasteiger partial charge in [0.2, 0.25) is 0 Å². The van der Waals surface area contributed by atoms with Gasteiger partial charge in [0.1, 0.15) is 5.82 Å². The van der Waals surface area contributed by atoms with Gasteiger partial charge in [-0.25, -0.2) is 4.39 Å². The number of nitrogens with one attached hydrogen (secondary N) is 1. The first-order valence-electron chi connectivity index (χ1n) is 6.51. The molecule has 0 spiro atoms. The van der Waals surface area contributed by atoms with Crippen LogP contribution in [0, 0.1) is 30.5 Å². The van der Waals surface area contributed by atoms with Gasteiger partial charge in [0, 0.05) is 12.2 Å². The molecule has 0 amide bonds. The lowest BCUT2D eigenvalue weighted by molar-refractivity contribution is 0.471. The summed E-state index contributed by atoms with van der Waals surface area (Å²) in [4.78, 5) is 0. The fourth-order valence-corrected chi connectivity index (χ4v) is 3.66. The molecule has 3 heteroatoms. The van der Waals surface area contributed by atoms with Crippen molar-refractivity contribution in [1.29, 1.82) is 0 Å². The molecule has 1 fully saturated rings. The summed E-state index contributed by atoms with van der Waals surface area (Å²) in [5.41, 5.74) is 2.00. The van der Waals surface area contributed by atoms with Crippen LogP contribution >= 0.6 is 15.9 Å². The molecule has 3 atom stereocenters. The number of fused-ring (bicyclic) bond motifs is 2. The van der Waals surface area contributed by atoms with Gasteiger partial charge in [-0.3, -0.25) is 0 Å². The number of halogens is 2. The maximum Gasteiger partial charge on any atom is 0.139 e. The van der Waals surface area contributed by atoms with Crippen molar-refractivity contribution >= 4 is 21.6 Å². The minimum Gasteiger partial charge on any atom is -0.384 e. The van der Waals surface area contributed by atoms with Crippen LogP contribution in [0.4, 0.5) is 10.1 Å². The number of rotatable bonds is 3. The first-order valence-corrected chi connectivity index (χ1v) is 7.30. The number of aryl methyl sites for hydroxylation is 1. The van der Waals surface area contributed by atoms with Crippen molar-refractivity contribution in [3.63, 3.8) is 0 Å². The molecular formula is C15H17BrFN. The summed E-state index contributed by atoms with van der Waals surface area (Å²) in [5, 5.41) is 3.41. The molecule has 1 nitrogen and oxygen atoms in total. The fraction of sp³-hybridized carbons (Fsp3) is 0.467. The summed E-state index contributed by atoms with van der Waals surface area (Å²) in [6.07, 6.45) is 7.31. The molecule has 0 aliphatic heterocycles. The molecule has 1 saturated carbocycles. The van der Waals surface area contributed by atoms with Crippen molar-refractivity contribution in [1.82, 2.24) is 0 Å². The first kappa shape index (κ1) is 12.2. The lowest BCUT2D eigenvalue weighted by Gasteiger charge is -2.20. The molecule has 3 rings (SSSR count). The van der Waals surface area contributed by atoms with Crippen LogP contribution in [0.1, 0.15) is 18.4 Å². The van der Waals surface area contributed by atoms with Crippen molar-refractivity contribution in [2.24, 2.45) is 17.8 Å². The van der Waals surface area contributed by atoms with Crippen molar-refractivity contribution < 1.29 is 4.39 Å². The summed E-state index contributed by atoms with van der Waals surface area (Å²) < 4.78 is 14.0. The van der Waals surface area contributed by atoms with Crippen LogP contribution in [-0.2, 0) is 0 Å². The predicted molar refractivity (Wildman–Crippen MR) is 76.2 cm³/mol. The Hall–Kier alpha value is -0.830. The molecule has 0 heterocycles. The number of allylic oxidation sites excluding steroid dienone is 2.